The number of hydrogen-bond donors (Lipinski definition) is 3. The maximum Gasteiger partial charge on any atom is 0.329 e. The largest absolute Gasteiger partial charge is 0.483 e. The molecule has 3 amide bonds. The lowest BCUT2D eigenvalue weighted by Crippen LogP contribution is -2.37. The molecule has 3 aromatic rings. The van der Waals surface area contributed by atoms with Crippen molar-refractivity contribution >= 4 is 29.6 Å². The third kappa shape index (κ3) is 6.57. The van der Waals surface area contributed by atoms with Crippen LogP contribution in [-0.4, -0.2) is 37.3 Å². The number of ether oxygens (including phenoxy) is 3. The molecule has 0 saturated heterocycles. The summed E-state index contributed by atoms with van der Waals surface area (Å²) in [4.78, 5) is 36.2. The fraction of sp³-hybridized carbons (Fsp3) is 0.120. The number of nitrogens with zero attached hydrogens (tertiary/aromatic N) is 1. The third-order valence-corrected chi connectivity index (χ3v) is 4.80. The Kier molecular flexibility index (Phi) is 7.54. The van der Waals surface area contributed by atoms with Gasteiger partial charge in [-0.3, -0.25) is 14.4 Å². The average molecular weight is 474 g/mol. The number of rotatable bonds is 8. The van der Waals surface area contributed by atoms with Crippen LogP contribution >= 0.6 is 0 Å². The van der Waals surface area contributed by atoms with E-state index in [1.54, 1.807) is 54.6 Å². The van der Waals surface area contributed by atoms with Gasteiger partial charge in [-0.2, -0.15) is 5.10 Å². The molecule has 3 aromatic carbocycles. The molecule has 0 bridgehead atoms. The van der Waals surface area contributed by atoms with Crippen molar-refractivity contribution in [2.24, 2.45) is 5.10 Å². The van der Waals surface area contributed by atoms with E-state index in [0.29, 0.717) is 28.5 Å². The standard InChI is InChI=1S/C25H22N4O6/c30-23(28-19-7-2-1-3-8-19)15-33-20-9-5-4-6-18(20)14-27-29-25(32)24(31)26-13-17-10-11-21-22(12-17)35-16-34-21/h1-12,14H,13,15-16H2,(H,26,31)(H,28,30)(H,29,32)/b27-14+. The molecular weight excluding hydrogens is 452 g/mol. The highest BCUT2D eigenvalue weighted by atomic mass is 16.7. The Morgan fingerprint density at radius 2 is 1.69 bits per heavy atom. The molecule has 178 valence electrons. The van der Waals surface area contributed by atoms with Gasteiger partial charge in [-0.25, -0.2) is 5.43 Å². The van der Waals surface area contributed by atoms with E-state index in [1.807, 2.05) is 18.2 Å². The second-order valence-electron chi connectivity index (χ2n) is 7.31. The van der Waals surface area contributed by atoms with E-state index in [4.69, 9.17) is 14.2 Å². The Balaban J connectivity index is 1.25. The zero-order valence-corrected chi connectivity index (χ0v) is 18.5. The van der Waals surface area contributed by atoms with Gasteiger partial charge in [0, 0.05) is 17.8 Å². The zero-order chi connectivity index (χ0) is 24.5. The van der Waals surface area contributed by atoms with E-state index in [2.05, 4.69) is 21.2 Å². The number of nitrogens with one attached hydrogen (secondary N) is 3. The number of benzene rings is 3. The van der Waals surface area contributed by atoms with Crippen molar-refractivity contribution in [2.75, 3.05) is 18.7 Å². The summed E-state index contributed by atoms with van der Waals surface area (Å²) in [6.07, 6.45) is 1.33. The highest BCUT2D eigenvalue weighted by Gasteiger charge is 2.15. The summed E-state index contributed by atoms with van der Waals surface area (Å²) >= 11 is 0. The fourth-order valence-corrected chi connectivity index (χ4v) is 3.11. The van der Waals surface area contributed by atoms with Crippen LogP contribution in [0.2, 0.25) is 0 Å². The first-order valence-corrected chi connectivity index (χ1v) is 10.6. The summed E-state index contributed by atoms with van der Waals surface area (Å²) in [5, 5.41) is 9.06. The summed E-state index contributed by atoms with van der Waals surface area (Å²) in [7, 11) is 0. The normalized spacial score (nSPS) is 11.7. The smallest absolute Gasteiger partial charge is 0.329 e. The molecule has 0 radical (unpaired) electrons. The van der Waals surface area contributed by atoms with Crippen LogP contribution in [0.3, 0.4) is 0 Å². The minimum atomic E-state index is -0.928. The molecule has 0 saturated carbocycles. The number of carbonyl (C=O) groups excluding carboxylic acids is 3. The number of para-hydroxylation sites is 2. The molecule has 3 N–H and O–H groups in total. The first-order valence-electron chi connectivity index (χ1n) is 10.6. The van der Waals surface area contributed by atoms with Crippen LogP contribution in [-0.2, 0) is 20.9 Å². The Hall–Kier alpha value is -4.86. The number of amides is 3. The molecule has 1 aliphatic rings. The number of hydrogen-bond acceptors (Lipinski definition) is 7. The maximum atomic E-state index is 12.1. The van der Waals surface area contributed by atoms with Gasteiger partial charge in [0.1, 0.15) is 5.75 Å². The van der Waals surface area contributed by atoms with Crippen molar-refractivity contribution in [3.8, 4) is 17.2 Å². The molecule has 0 atom stereocenters. The number of hydrazone groups is 1. The molecule has 0 spiro atoms. The molecule has 0 aromatic heterocycles. The minimum absolute atomic E-state index is 0.133. The Labute approximate surface area is 200 Å². The summed E-state index contributed by atoms with van der Waals surface area (Å²) in [6.45, 7) is 0.0727. The van der Waals surface area contributed by atoms with Crippen LogP contribution in [0.4, 0.5) is 5.69 Å². The summed E-state index contributed by atoms with van der Waals surface area (Å²) in [5.41, 5.74) is 4.10. The van der Waals surface area contributed by atoms with Crippen LogP contribution in [0.1, 0.15) is 11.1 Å². The van der Waals surface area contributed by atoms with E-state index in [0.717, 1.165) is 5.56 Å². The van der Waals surface area contributed by atoms with Gasteiger partial charge in [0.2, 0.25) is 6.79 Å². The second kappa shape index (κ2) is 11.3. The van der Waals surface area contributed by atoms with E-state index < -0.39 is 11.8 Å². The monoisotopic (exact) mass is 474 g/mol. The molecule has 10 heteroatoms. The number of carbonyl (C=O) groups is 3. The Morgan fingerprint density at radius 1 is 0.914 bits per heavy atom. The average Bonchev–Trinajstić information content (AvgIpc) is 3.35. The van der Waals surface area contributed by atoms with E-state index in [1.165, 1.54) is 6.21 Å². The minimum Gasteiger partial charge on any atom is -0.483 e. The van der Waals surface area contributed by atoms with Gasteiger partial charge in [0.05, 0.1) is 6.21 Å². The molecular formula is C25H22N4O6. The number of anilines is 1. The van der Waals surface area contributed by atoms with Gasteiger partial charge in [0.15, 0.2) is 18.1 Å². The van der Waals surface area contributed by atoms with Crippen LogP contribution in [0.25, 0.3) is 0 Å². The second-order valence-corrected chi connectivity index (χ2v) is 7.31. The summed E-state index contributed by atoms with van der Waals surface area (Å²) in [5.74, 6) is -0.488. The van der Waals surface area contributed by atoms with Gasteiger partial charge in [-0.15, -0.1) is 0 Å². The lowest BCUT2D eigenvalue weighted by Gasteiger charge is -2.09. The predicted molar refractivity (Wildman–Crippen MR) is 127 cm³/mol. The van der Waals surface area contributed by atoms with Gasteiger partial charge >= 0.3 is 11.8 Å². The van der Waals surface area contributed by atoms with Crippen molar-refractivity contribution in [1.82, 2.24) is 10.7 Å². The van der Waals surface area contributed by atoms with Gasteiger partial charge in [0.25, 0.3) is 5.91 Å². The van der Waals surface area contributed by atoms with Gasteiger partial charge < -0.3 is 24.8 Å². The Bertz CT molecular complexity index is 1250. The SMILES string of the molecule is O=C(COc1ccccc1/C=N/NC(=O)C(=O)NCc1ccc2c(c1)OCO2)Nc1ccccc1. The fourth-order valence-electron chi connectivity index (χ4n) is 3.11. The maximum absolute atomic E-state index is 12.1. The van der Waals surface area contributed by atoms with E-state index in [9.17, 15) is 14.4 Å². The zero-order valence-electron chi connectivity index (χ0n) is 18.5. The topological polar surface area (TPSA) is 127 Å². The van der Waals surface area contributed by atoms with Crippen molar-refractivity contribution in [3.63, 3.8) is 0 Å². The molecule has 0 fully saturated rings. The van der Waals surface area contributed by atoms with E-state index in [-0.39, 0.29) is 25.9 Å². The lowest BCUT2D eigenvalue weighted by molar-refractivity contribution is -0.139. The molecule has 0 aliphatic carbocycles. The molecule has 0 unspecified atom stereocenters. The highest BCUT2D eigenvalue weighted by molar-refractivity contribution is 6.35. The molecule has 1 aliphatic heterocycles. The summed E-state index contributed by atoms with van der Waals surface area (Å²) in [6, 6.07) is 21.1. The van der Waals surface area contributed by atoms with Crippen LogP contribution in [0.15, 0.2) is 77.9 Å². The molecule has 35 heavy (non-hydrogen) atoms. The van der Waals surface area contributed by atoms with Crippen LogP contribution in [0, 0.1) is 0 Å². The van der Waals surface area contributed by atoms with Gasteiger partial charge in [-0.05, 0) is 42.0 Å². The Morgan fingerprint density at radius 3 is 2.54 bits per heavy atom. The first kappa shape index (κ1) is 23.3. The van der Waals surface area contributed by atoms with Gasteiger partial charge in [-0.1, -0.05) is 36.4 Å². The van der Waals surface area contributed by atoms with Crippen LogP contribution < -0.4 is 30.3 Å². The first-order chi connectivity index (χ1) is 17.1. The highest BCUT2D eigenvalue weighted by Crippen LogP contribution is 2.32. The molecule has 1 heterocycles. The van der Waals surface area contributed by atoms with Crippen LogP contribution in [0.5, 0.6) is 17.2 Å². The van der Waals surface area contributed by atoms with E-state index >= 15 is 0 Å². The third-order valence-electron chi connectivity index (χ3n) is 4.80. The molecule has 4 rings (SSSR count). The predicted octanol–water partition coefficient (Wildman–Crippen LogP) is 2.20. The van der Waals surface area contributed by atoms with Crippen molar-refractivity contribution < 1.29 is 28.6 Å². The molecule has 10 nitrogen and oxygen atoms in total. The quantitative estimate of drug-likeness (QED) is 0.261. The van der Waals surface area contributed by atoms with Crippen molar-refractivity contribution in [3.05, 3.63) is 83.9 Å². The van der Waals surface area contributed by atoms with Crippen molar-refractivity contribution in [1.29, 1.82) is 0 Å². The number of fused-ring (bicyclic) bond motifs is 1. The summed E-state index contributed by atoms with van der Waals surface area (Å²) < 4.78 is 16.1. The lowest BCUT2D eigenvalue weighted by atomic mass is 10.2. The van der Waals surface area contributed by atoms with Crippen molar-refractivity contribution in [2.45, 2.75) is 6.54 Å².